The van der Waals surface area contributed by atoms with E-state index in [2.05, 4.69) is 34.1 Å². The van der Waals surface area contributed by atoms with Crippen LogP contribution < -0.4 is 10.1 Å². The van der Waals surface area contributed by atoms with Crippen molar-refractivity contribution in [1.29, 1.82) is 0 Å². The molecule has 0 fully saturated rings. The van der Waals surface area contributed by atoms with Gasteiger partial charge in [-0.15, -0.1) is 0 Å². The van der Waals surface area contributed by atoms with Gasteiger partial charge in [0.25, 0.3) is 0 Å². The summed E-state index contributed by atoms with van der Waals surface area (Å²) in [7, 11) is 1.69. The third-order valence-electron chi connectivity index (χ3n) is 2.82. The molecule has 1 unspecified atom stereocenters. The lowest BCUT2D eigenvalue weighted by Crippen LogP contribution is -2.23. The van der Waals surface area contributed by atoms with E-state index in [9.17, 15) is 0 Å². The Bertz CT molecular complexity index is 470. The maximum absolute atomic E-state index is 5.41. The summed E-state index contributed by atoms with van der Waals surface area (Å²) in [4.78, 5) is 4.11. The van der Waals surface area contributed by atoms with Gasteiger partial charge in [0.2, 0.25) is 0 Å². The van der Waals surface area contributed by atoms with Crippen LogP contribution >= 0.6 is 11.3 Å². The Labute approximate surface area is 112 Å². The quantitative estimate of drug-likeness (QED) is 0.867. The van der Waals surface area contributed by atoms with Gasteiger partial charge in [-0.05, 0) is 41.4 Å². The lowest BCUT2D eigenvalue weighted by atomic mass is 10.0. The van der Waals surface area contributed by atoms with E-state index in [1.54, 1.807) is 24.6 Å². The molecule has 3 nitrogen and oxygen atoms in total. The first kappa shape index (κ1) is 13.1. The van der Waals surface area contributed by atoms with Crippen molar-refractivity contribution in [3.8, 4) is 5.75 Å². The molecule has 0 radical (unpaired) electrons. The fourth-order valence-corrected chi connectivity index (χ4v) is 2.62. The Hall–Kier alpha value is -1.39. The maximum atomic E-state index is 5.41. The second kappa shape index (κ2) is 6.52. The summed E-state index contributed by atoms with van der Waals surface area (Å²) >= 11 is 1.71. The van der Waals surface area contributed by atoms with Crippen LogP contribution in [0, 0.1) is 0 Å². The van der Waals surface area contributed by atoms with Crippen molar-refractivity contribution < 1.29 is 4.74 Å². The van der Waals surface area contributed by atoms with Gasteiger partial charge < -0.3 is 10.1 Å². The van der Waals surface area contributed by atoms with E-state index in [1.165, 1.54) is 5.56 Å². The highest BCUT2D eigenvalue weighted by Crippen LogP contribution is 2.30. The monoisotopic (exact) mass is 262 g/mol. The van der Waals surface area contributed by atoms with Gasteiger partial charge in [-0.2, -0.15) is 11.3 Å². The van der Waals surface area contributed by atoms with Gasteiger partial charge in [0.15, 0.2) is 0 Å². The summed E-state index contributed by atoms with van der Waals surface area (Å²) in [6.45, 7) is 3.15. The Morgan fingerprint density at radius 2 is 2.33 bits per heavy atom. The topological polar surface area (TPSA) is 34.2 Å². The molecule has 0 aromatic carbocycles. The summed E-state index contributed by atoms with van der Waals surface area (Å²) in [5.41, 5.74) is 2.41. The Kier molecular flexibility index (Phi) is 4.73. The highest BCUT2D eigenvalue weighted by molar-refractivity contribution is 7.08. The van der Waals surface area contributed by atoms with Crippen LogP contribution in [0.5, 0.6) is 5.75 Å². The van der Waals surface area contributed by atoms with Crippen LogP contribution in [-0.2, 0) is 0 Å². The molecule has 2 aromatic heterocycles. The summed E-state index contributed by atoms with van der Waals surface area (Å²) < 4.78 is 5.41. The van der Waals surface area contributed by atoms with Gasteiger partial charge in [0.05, 0.1) is 19.3 Å². The van der Waals surface area contributed by atoms with E-state index in [1.807, 2.05) is 12.3 Å². The number of hydrogen-bond donors (Lipinski definition) is 1. The van der Waals surface area contributed by atoms with Crippen molar-refractivity contribution in [3.05, 3.63) is 46.4 Å². The maximum Gasteiger partial charge on any atom is 0.142 e. The number of nitrogens with one attached hydrogen (secondary N) is 1. The minimum atomic E-state index is 0.175. The molecule has 0 aliphatic rings. The van der Waals surface area contributed by atoms with Crippen LogP contribution in [0.1, 0.15) is 30.5 Å². The third-order valence-corrected chi connectivity index (χ3v) is 3.52. The molecule has 4 heteroatoms. The van der Waals surface area contributed by atoms with Gasteiger partial charge >= 0.3 is 0 Å². The average Bonchev–Trinajstić information content (AvgIpc) is 2.94. The molecule has 0 aliphatic carbocycles. The number of methoxy groups -OCH3 is 1. The van der Waals surface area contributed by atoms with Crippen molar-refractivity contribution in [2.24, 2.45) is 0 Å². The Morgan fingerprint density at radius 1 is 1.44 bits per heavy atom. The fraction of sp³-hybridized carbons (Fsp3) is 0.357. The number of pyridine rings is 1. The fourth-order valence-electron chi connectivity index (χ4n) is 1.94. The standard InChI is InChI=1S/C14H18N2OS/c1-3-6-16-14(11-5-8-18-10-11)12-4-7-15-9-13(12)17-2/h4-5,7-10,14,16H,3,6H2,1-2H3. The van der Waals surface area contributed by atoms with E-state index in [0.717, 1.165) is 24.3 Å². The van der Waals surface area contributed by atoms with Crippen molar-refractivity contribution in [3.63, 3.8) is 0 Å². The summed E-state index contributed by atoms with van der Waals surface area (Å²) in [5.74, 6) is 0.831. The minimum absolute atomic E-state index is 0.175. The molecule has 2 rings (SSSR count). The molecule has 18 heavy (non-hydrogen) atoms. The molecular weight excluding hydrogens is 244 g/mol. The second-order valence-corrected chi connectivity index (χ2v) is 4.84. The van der Waals surface area contributed by atoms with Crippen molar-refractivity contribution >= 4 is 11.3 Å². The predicted octanol–water partition coefficient (Wildman–Crippen LogP) is 3.24. The molecular formula is C14H18N2OS. The summed E-state index contributed by atoms with van der Waals surface area (Å²) in [6, 6.07) is 4.34. The Balaban J connectivity index is 2.33. The lowest BCUT2D eigenvalue weighted by Gasteiger charge is -2.20. The molecule has 0 saturated heterocycles. The summed E-state index contributed by atoms with van der Waals surface area (Å²) in [5, 5.41) is 7.84. The SMILES string of the molecule is CCCNC(c1ccsc1)c1ccncc1OC. The molecule has 0 aliphatic heterocycles. The van der Waals surface area contributed by atoms with Gasteiger partial charge in [0, 0.05) is 11.8 Å². The van der Waals surface area contributed by atoms with Crippen molar-refractivity contribution in [1.82, 2.24) is 10.3 Å². The van der Waals surface area contributed by atoms with E-state index in [-0.39, 0.29) is 6.04 Å². The van der Waals surface area contributed by atoms with Crippen molar-refractivity contribution in [2.45, 2.75) is 19.4 Å². The lowest BCUT2D eigenvalue weighted by molar-refractivity contribution is 0.402. The number of ether oxygens (including phenoxy) is 1. The van der Waals surface area contributed by atoms with Crippen LogP contribution in [-0.4, -0.2) is 18.6 Å². The van der Waals surface area contributed by atoms with Crippen LogP contribution in [0.2, 0.25) is 0 Å². The van der Waals surface area contributed by atoms with Gasteiger partial charge in [-0.1, -0.05) is 6.92 Å². The predicted molar refractivity (Wildman–Crippen MR) is 75.2 cm³/mol. The number of thiophene rings is 1. The first-order valence-electron chi connectivity index (χ1n) is 6.10. The highest BCUT2D eigenvalue weighted by atomic mass is 32.1. The Morgan fingerprint density at radius 3 is 3.00 bits per heavy atom. The van der Waals surface area contributed by atoms with Gasteiger partial charge in [-0.25, -0.2) is 0 Å². The number of rotatable bonds is 6. The minimum Gasteiger partial charge on any atom is -0.495 e. The smallest absolute Gasteiger partial charge is 0.142 e. The summed E-state index contributed by atoms with van der Waals surface area (Å²) in [6.07, 6.45) is 4.68. The molecule has 96 valence electrons. The normalized spacial score (nSPS) is 12.3. The third kappa shape index (κ3) is 2.89. The zero-order valence-electron chi connectivity index (χ0n) is 10.7. The first-order valence-corrected chi connectivity index (χ1v) is 7.04. The zero-order chi connectivity index (χ0) is 12.8. The van der Waals surface area contributed by atoms with Crippen molar-refractivity contribution in [2.75, 3.05) is 13.7 Å². The molecule has 1 N–H and O–H groups in total. The molecule has 1 atom stereocenters. The van der Waals surface area contributed by atoms with Crippen LogP contribution in [0.4, 0.5) is 0 Å². The second-order valence-electron chi connectivity index (χ2n) is 4.06. The van der Waals surface area contributed by atoms with E-state index < -0.39 is 0 Å². The van der Waals surface area contributed by atoms with Gasteiger partial charge in [0.1, 0.15) is 5.75 Å². The van der Waals surface area contributed by atoms with Gasteiger partial charge in [-0.3, -0.25) is 4.98 Å². The largest absolute Gasteiger partial charge is 0.495 e. The molecule has 2 heterocycles. The molecule has 0 amide bonds. The number of aromatic nitrogens is 1. The molecule has 2 aromatic rings. The number of nitrogens with zero attached hydrogens (tertiary/aromatic N) is 1. The van der Waals surface area contributed by atoms with Crippen LogP contribution in [0.15, 0.2) is 35.3 Å². The first-order chi connectivity index (χ1) is 8.86. The van der Waals surface area contributed by atoms with E-state index in [0.29, 0.717) is 0 Å². The van der Waals surface area contributed by atoms with E-state index >= 15 is 0 Å². The van der Waals surface area contributed by atoms with E-state index in [4.69, 9.17) is 4.74 Å². The number of hydrogen-bond acceptors (Lipinski definition) is 4. The van der Waals surface area contributed by atoms with Crippen LogP contribution in [0.3, 0.4) is 0 Å². The highest BCUT2D eigenvalue weighted by Gasteiger charge is 2.17. The molecule has 0 bridgehead atoms. The average molecular weight is 262 g/mol. The van der Waals surface area contributed by atoms with Crippen LogP contribution in [0.25, 0.3) is 0 Å². The zero-order valence-corrected chi connectivity index (χ0v) is 11.5. The molecule has 0 saturated carbocycles. The molecule has 0 spiro atoms.